The molecule has 12 rings (SSSR count). The number of furan rings is 2. The third-order valence-corrected chi connectivity index (χ3v) is 11.5. The molecule has 0 saturated heterocycles. The maximum atomic E-state index is 6.77. The third-order valence-electron chi connectivity index (χ3n) is 11.5. The molecule has 11 aromatic rings. The molecule has 0 saturated carbocycles. The normalized spacial score (nSPS) is 12.9. The summed E-state index contributed by atoms with van der Waals surface area (Å²) in [7, 11) is 0. The van der Waals surface area contributed by atoms with Crippen molar-refractivity contribution in [3.63, 3.8) is 0 Å². The van der Waals surface area contributed by atoms with Gasteiger partial charge in [-0.3, -0.25) is 0 Å². The van der Waals surface area contributed by atoms with Gasteiger partial charge in [-0.15, -0.1) is 0 Å². The fourth-order valence-electron chi connectivity index (χ4n) is 8.88. The van der Waals surface area contributed by atoms with Crippen molar-refractivity contribution in [3.05, 3.63) is 193 Å². The van der Waals surface area contributed by atoms with E-state index in [9.17, 15) is 0 Å². The van der Waals surface area contributed by atoms with Crippen molar-refractivity contribution in [2.75, 3.05) is 0 Å². The predicted molar refractivity (Wildman–Crippen MR) is 232 cm³/mol. The standard InChI is InChI=1S/C52H33N3O2/c1-3-14-32(15-4-1)43-31-44(54-52(53-43)33-16-5-2-6-17-33)34-26-27-37-36-18-7-10-22-45(36)55(46(37)28-34)35-29-41-38-19-8-11-23-47(38)57-51(41)42(30-35)39-21-13-25-49-50(39)40-20-9-12-24-48(40)56-49/h1-12,14-24,26-31H,13,25H2. The van der Waals surface area contributed by atoms with Gasteiger partial charge in [-0.1, -0.05) is 133 Å². The number of fused-ring (bicyclic) bond motifs is 9. The molecule has 5 heteroatoms. The summed E-state index contributed by atoms with van der Waals surface area (Å²) in [5.41, 5.74) is 14.1. The maximum Gasteiger partial charge on any atom is 0.160 e. The molecule has 5 nitrogen and oxygen atoms in total. The number of aromatic nitrogens is 3. The first-order chi connectivity index (χ1) is 28.2. The largest absolute Gasteiger partial charge is 0.460 e. The lowest BCUT2D eigenvalue weighted by atomic mass is 9.88. The van der Waals surface area contributed by atoms with Crippen molar-refractivity contribution in [1.82, 2.24) is 14.5 Å². The molecule has 0 amide bonds. The van der Waals surface area contributed by atoms with E-state index in [1.807, 2.05) is 36.4 Å². The van der Waals surface area contributed by atoms with E-state index in [1.54, 1.807) is 0 Å². The van der Waals surface area contributed by atoms with E-state index in [0.717, 1.165) is 113 Å². The minimum atomic E-state index is 0.696. The summed E-state index contributed by atoms with van der Waals surface area (Å²) < 4.78 is 15.6. The highest BCUT2D eigenvalue weighted by molar-refractivity contribution is 6.14. The van der Waals surface area contributed by atoms with Gasteiger partial charge in [-0.25, -0.2) is 9.97 Å². The number of hydrogen-bond donors (Lipinski definition) is 0. The van der Waals surface area contributed by atoms with Crippen LogP contribution >= 0.6 is 0 Å². The maximum absolute atomic E-state index is 6.77. The van der Waals surface area contributed by atoms with Crippen LogP contribution in [0.1, 0.15) is 23.3 Å². The fraction of sp³-hybridized carbons (Fsp3) is 0.0385. The van der Waals surface area contributed by atoms with Crippen molar-refractivity contribution < 1.29 is 8.83 Å². The molecule has 4 aromatic heterocycles. The van der Waals surface area contributed by atoms with Crippen LogP contribution in [0.3, 0.4) is 0 Å². The molecule has 0 unspecified atom stereocenters. The predicted octanol–water partition coefficient (Wildman–Crippen LogP) is 13.6. The topological polar surface area (TPSA) is 57.0 Å². The first-order valence-corrected chi connectivity index (χ1v) is 19.5. The van der Waals surface area contributed by atoms with Crippen molar-refractivity contribution in [1.29, 1.82) is 0 Å². The molecule has 0 aliphatic heterocycles. The van der Waals surface area contributed by atoms with Crippen LogP contribution in [-0.4, -0.2) is 14.5 Å². The molecule has 0 N–H and O–H groups in total. The molecule has 0 bridgehead atoms. The van der Waals surface area contributed by atoms with Crippen molar-refractivity contribution in [3.8, 4) is 39.6 Å². The van der Waals surface area contributed by atoms with Crippen LogP contribution in [-0.2, 0) is 6.42 Å². The molecule has 0 atom stereocenters. The zero-order chi connectivity index (χ0) is 37.5. The second-order valence-electron chi connectivity index (χ2n) is 14.8. The summed E-state index contributed by atoms with van der Waals surface area (Å²) in [5, 5.41) is 5.67. The van der Waals surface area contributed by atoms with E-state index in [4.69, 9.17) is 18.8 Å². The van der Waals surface area contributed by atoms with E-state index < -0.39 is 0 Å². The molecule has 268 valence electrons. The van der Waals surface area contributed by atoms with Gasteiger partial charge >= 0.3 is 0 Å². The van der Waals surface area contributed by atoms with Gasteiger partial charge in [0.25, 0.3) is 0 Å². The number of nitrogens with zero attached hydrogens (tertiary/aromatic N) is 3. The molecular formula is C52H33N3O2. The Kier molecular flexibility index (Phi) is 6.99. The van der Waals surface area contributed by atoms with E-state index in [-0.39, 0.29) is 0 Å². The first-order valence-electron chi connectivity index (χ1n) is 19.5. The smallest absolute Gasteiger partial charge is 0.160 e. The summed E-state index contributed by atoms with van der Waals surface area (Å²) >= 11 is 0. The van der Waals surface area contributed by atoms with Gasteiger partial charge in [-0.2, -0.15) is 0 Å². The van der Waals surface area contributed by atoms with E-state index in [2.05, 4.69) is 144 Å². The van der Waals surface area contributed by atoms with Gasteiger partial charge in [0.2, 0.25) is 0 Å². The molecular weight excluding hydrogens is 699 g/mol. The van der Waals surface area contributed by atoms with Crippen molar-refractivity contribution >= 4 is 60.3 Å². The Morgan fingerprint density at radius 2 is 1.12 bits per heavy atom. The lowest BCUT2D eigenvalue weighted by Crippen LogP contribution is -2.01. The van der Waals surface area contributed by atoms with Crippen molar-refractivity contribution in [2.45, 2.75) is 12.8 Å². The Morgan fingerprint density at radius 3 is 1.93 bits per heavy atom. The van der Waals surface area contributed by atoms with Crippen LogP contribution < -0.4 is 0 Å². The summed E-state index contributed by atoms with van der Waals surface area (Å²) in [6, 6.07) is 59.5. The summed E-state index contributed by atoms with van der Waals surface area (Å²) in [6.45, 7) is 0. The lowest BCUT2D eigenvalue weighted by molar-refractivity contribution is 0.545. The van der Waals surface area contributed by atoms with Gasteiger partial charge in [0, 0.05) is 66.9 Å². The second kappa shape index (κ2) is 12.5. The number of rotatable bonds is 5. The van der Waals surface area contributed by atoms with Crippen molar-refractivity contribution in [2.24, 2.45) is 0 Å². The molecule has 1 aliphatic carbocycles. The fourth-order valence-corrected chi connectivity index (χ4v) is 8.88. The molecule has 0 radical (unpaired) electrons. The van der Waals surface area contributed by atoms with Crippen LogP contribution in [0.4, 0.5) is 0 Å². The van der Waals surface area contributed by atoms with Gasteiger partial charge in [0.1, 0.15) is 22.5 Å². The molecule has 4 heterocycles. The molecule has 0 fully saturated rings. The Hall–Kier alpha value is -7.50. The van der Waals surface area contributed by atoms with Gasteiger partial charge in [0.15, 0.2) is 5.82 Å². The van der Waals surface area contributed by atoms with Crippen LogP contribution in [0.25, 0.3) is 99.9 Å². The monoisotopic (exact) mass is 731 g/mol. The number of aryl methyl sites for hydroxylation is 1. The summed E-state index contributed by atoms with van der Waals surface area (Å²) in [5.74, 6) is 1.72. The van der Waals surface area contributed by atoms with Crippen LogP contribution in [0.15, 0.2) is 185 Å². The van der Waals surface area contributed by atoms with Gasteiger partial charge < -0.3 is 13.4 Å². The average Bonchev–Trinajstić information content (AvgIpc) is 3.96. The minimum Gasteiger partial charge on any atom is -0.460 e. The van der Waals surface area contributed by atoms with Crippen LogP contribution in [0.2, 0.25) is 0 Å². The van der Waals surface area contributed by atoms with Gasteiger partial charge in [-0.05, 0) is 54.5 Å². The number of allylic oxidation sites excluding steroid dienone is 1. The third kappa shape index (κ3) is 5.02. The highest BCUT2D eigenvalue weighted by atomic mass is 16.3. The average molecular weight is 732 g/mol. The lowest BCUT2D eigenvalue weighted by Gasteiger charge is -2.17. The Morgan fingerprint density at radius 1 is 0.474 bits per heavy atom. The second-order valence-corrected chi connectivity index (χ2v) is 14.8. The summed E-state index contributed by atoms with van der Waals surface area (Å²) in [4.78, 5) is 10.3. The highest BCUT2D eigenvalue weighted by Gasteiger charge is 2.26. The Bertz CT molecular complexity index is 3350. The molecule has 1 aliphatic rings. The quantitative estimate of drug-likeness (QED) is 0.177. The molecule has 0 spiro atoms. The van der Waals surface area contributed by atoms with E-state index >= 15 is 0 Å². The SMILES string of the molecule is C1=C(c2cc(-n3c4ccccc4c4ccc(-c5cc(-c6ccccc6)nc(-c6ccccc6)n5)cc43)cc3c2oc2ccccc23)c2c(oc3ccccc23)CC1. The Labute approximate surface area is 327 Å². The van der Waals surface area contributed by atoms with Gasteiger partial charge in [0.05, 0.1) is 22.4 Å². The van der Waals surface area contributed by atoms with Crippen LogP contribution in [0.5, 0.6) is 0 Å². The summed E-state index contributed by atoms with van der Waals surface area (Å²) in [6.07, 6.45) is 4.12. The molecule has 7 aromatic carbocycles. The highest BCUT2D eigenvalue weighted by Crippen LogP contribution is 2.45. The minimum absolute atomic E-state index is 0.696. The zero-order valence-corrected chi connectivity index (χ0v) is 30.8. The van der Waals surface area contributed by atoms with E-state index in [0.29, 0.717) is 5.82 Å². The first kappa shape index (κ1) is 31.8. The molecule has 57 heavy (non-hydrogen) atoms. The number of hydrogen-bond acceptors (Lipinski definition) is 4. The van der Waals surface area contributed by atoms with Crippen LogP contribution in [0, 0.1) is 0 Å². The Balaban J connectivity index is 1.13. The zero-order valence-electron chi connectivity index (χ0n) is 30.8. The number of para-hydroxylation sites is 3. The number of benzene rings is 7. The van der Waals surface area contributed by atoms with E-state index in [1.165, 1.54) is 10.8 Å².